The number of esters is 1. The Morgan fingerprint density at radius 2 is 1.68 bits per heavy atom. The van der Waals surface area contributed by atoms with E-state index in [0.29, 0.717) is 12.2 Å². The standard InChI is InChI=1S/C17H17NO4/c1-20-17(19)16(18-21-2)15-11-7-6-8-13(15)12-22-14-9-4-3-5-10-14/h3-11H,12H2,1-2H3/b18-16+. The van der Waals surface area contributed by atoms with E-state index in [1.165, 1.54) is 14.2 Å². The largest absolute Gasteiger partial charge is 0.489 e. The molecule has 0 heterocycles. The molecule has 22 heavy (non-hydrogen) atoms. The number of hydrogen-bond donors (Lipinski definition) is 0. The number of benzene rings is 2. The molecule has 114 valence electrons. The van der Waals surface area contributed by atoms with Crippen LogP contribution >= 0.6 is 0 Å². The molecule has 5 nitrogen and oxygen atoms in total. The lowest BCUT2D eigenvalue weighted by molar-refractivity contribution is -0.132. The van der Waals surface area contributed by atoms with Crippen LogP contribution in [0.2, 0.25) is 0 Å². The molecule has 0 amide bonds. The first-order valence-electron chi connectivity index (χ1n) is 6.72. The average Bonchev–Trinajstić information content (AvgIpc) is 2.58. The Morgan fingerprint density at radius 3 is 2.36 bits per heavy atom. The lowest BCUT2D eigenvalue weighted by Gasteiger charge is -2.11. The van der Waals surface area contributed by atoms with Crippen molar-refractivity contribution in [1.29, 1.82) is 0 Å². The number of methoxy groups -OCH3 is 1. The highest BCUT2D eigenvalue weighted by atomic mass is 16.6. The molecule has 0 saturated carbocycles. The molecule has 2 rings (SSSR count). The molecule has 0 saturated heterocycles. The Labute approximate surface area is 129 Å². The van der Waals surface area contributed by atoms with Gasteiger partial charge in [0.15, 0.2) is 5.71 Å². The van der Waals surface area contributed by atoms with Crippen LogP contribution in [-0.4, -0.2) is 25.9 Å². The number of ether oxygens (including phenoxy) is 2. The number of oxime groups is 1. The van der Waals surface area contributed by atoms with Crippen molar-refractivity contribution in [1.82, 2.24) is 0 Å². The van der Waals surface area contributed by atoms with Gasteiger partial charge in [-0.05, 0) is 17.7 Å². The quantitative estimate of drug-likeness (QED) is 0.467. The van der Waals surface area contributed by atoms with Gasteiger partial charge in [0.05, 0.1) is 7.11 Å². The Balaban J connectivity index is 2.26. The van der Waals surface area contributed by atoms with Crippen LogP contribution in [0, 0.1) is 0 Å². The van der Waals surface area contributed by atoms with Crippen molar-refractivity contribution in [2.45, 2.75) is 6.61 Å². The van der Waals surface area contributed by atoms with Gasteiger partial charge in [-0.2, -0.15) is 0 Å². The van der Waals surface area contributed by atoms with E-state index in [9.17, 15) is 4.79 Å². The maximum atomic E-state index is 11.9. The first-order valence-corrected chi connectivity index (χ1v) is 6.72. The van der Waals surface area contributed by atoms with Crippen LogP contribution in [0.3, 0.4) is 0 Å². The summed E-state index contributed by atoms with van der Waals surface area (Å²) < 4.78 is 10.5. The van der Waals surface area contributed by atoms with Crippen molar-refractivity contribution >= 4 is 11.7 Å². The molecule has 0 spiro atoms. The fourth-order valence-electron chi connectivity index (χ4n) is 1.94. The highest BCUT2D eigenvalue weighted by molar-refractivity contribution is 6.43. The number of para-hydroxylation sites is 1. The maximum Gasteiger partial charge on any atom is 0.360 e. The number of rotatable bonds is 6. The molecule has 2 aromatic carbocycles. The fraction of sp³-hybridized carbons (Fsp3) is 0.176. The van der Waals surface area contributed by atoms with Gasteiger partial charge in [-0.3, -0.25) is 0 Å². The third kappa shape index (κ3) is 3.85. The van der Waals surface area contributed by atoms with Crippen LogP contribution in [0.4, 0.5) is 0 Å². The Morgan fingerprint density at radius 1 is 1.00 bits per heavy atom. The lowest BCUT2D eigenvalue weighted by atomic mass is 10.0. The first-order chi connectivity index (χ1) is 10.8. The van der Waals surface area contributed by atoms with E-state index in [0.717, 1.165) is 11.3 Å². The van der Waals surface area contributed by atoms with Crippen LogP contribution in [-0.2, 0) is 21.0 Å². The number of hydrogen-bond acceptors (Lipinski definition) is 5. The van der Waals surface area contributed by atoms with Gasteiger partial charge in [0.1, 0.15) is 19.5 Å². The minimum atomic E-state index is -0.561. The van der Waals surface area contributed by atoms with Crippen molar-refractivity contribution in [3.05, 3.63) is 65.7 Å². The van der Waals surface area contributed by atoms with Crippen LogP contribution in [0.25, 0.3) is 0 Å². The van der Waals surface area contributed by atoms with E-state index < -0.39 is 5.97 Å². The monoisotopic (exact) mass is 299 g/mol. The van der Waals surface area contributed by atoms with Gasteiger partial charge >= 0.3 is 5.97 Å². The SMILES string of the molecule is CO/N=C(/C(=O)OC)c1ccccc1COc1ccccc1. The van der Waals surface area contributed by atoms with Crippen molar-refractivity contribution in [3.63, 3.8) is 0 Å². The molecule has 0 aliphatic carbocycles. The van der Waals surface area contributed by atoms with Gasteiger partial charge in [0, 0.05) is 5.56 Å². The summed E-state index contributed by atoms with van der Waals surface area (Å²) in [5.41, 5.74) is 1.54. The molecule has 0 aliphatic rings. The summed E-state index contributed by atoms with van der Waals surface area (Å²) in [5.74, 6) is 0.189. The molecular formula is C17H17NO4. The van der Waals surface area contributed by atoms with Gasteiger partial charge in [0.2, 0.25) is 0 Å². The van der Waals surface area contributed by atoms with E-state index in [1.807, 2.05) is 48.5 Å². The summed E-state index contributed by atoms with van der Waals surface area (Å²) in [4.78, 5) is 16.6. The predicted octanol–water partition coefficient (Wildman–Crippen LogP) is 2.79. The summed E-state index contributed by atoms with van der Waals surface area (Å²) >= 11 is 0. The fourth-order valence-corrected chi connectivity index (χ4v) is 1.94. The van der Waals surface area contributed by atoms with Gasteiger partial charge in [-0.15, -0.1) is 0 Å². The molecule has 0 bridgehead atoms. The Kier molecular flexibility index (Phi) is 5.54. The molecule has 0 N–H and O–H groups in total. The molecule has 0 atom stereocenters. The summed E-state index contributed by atoms with van der Waals surface area (Å²) in [7, 11) is 2.68. The second-order valence-electron chi connectivity index (χ2n) is 4.37. The third-order valence-corrected chi connectivity index (χ3v) is 2.97. The lowest BCUT2D eigenvalue weighted by Crippen LogP contribution is -2.19. The summed E-state index contributed by atoms with van der Waals surface area (Å²) in [6.45, 7) is 0.305. The van der Waals surface area contributed by atoms with Crippen LogP contribution < -0.4 is 4.74 Å². The van der Waals surface area contributed by atoms with Gasteiger partial charge < -0.3 is 14.3 Å². The number of carbonyl (C=O) groups is 1. The predicted molar refractivity (Wildman–Crippen MR) is 82.8 cm³/mol. The maximum absolute atomic E-state index is 11.9. The first kappa shape index (κ1) is 15.6. The molecule has 0 radical (unpaired) electrons. The van der Waals surface area contributed by atoms with E-state index in [1.54, 1.807) is 6.07 Å². The molecular weight excluding hydrogens is 282 g/mol. The van der Waals surface area contributed by atoms with Crippen molar-refractivity contribution in [3.8, 4) is 5.75 Å². The third-order valence-electron chi connectivity index (χ3n) is 2.97. The summed E-state index contributed by atoms with van der Waals surface area (Å²) in [6, 6.07) is 16.8. The smallest absolute Gasteiger partial charge is 0.360 e. The topological polar surface area (TPSA) is 57.1 Å². The highest BCUT2D eigenvalue weighted by Crippen LogP contribution is 2.16. The van der Waals surface area contributed by atoms with Crippen molar-refractivity contribution in [2.75, 3.05) is 14.2 Å². The van der Waals surface area contributed by atoms with Crippen molar-refractivity contribution in [2.24, 2.45) is 5.16 Å². The zero-order chi connectivity index (χ0) is 15.8. The molecule has 2 aromatic rings. The van der Waals surface area contributed by atoms with E-state index in [2.05, 4.69) is 5.16 Å². The normalized spacial score (nSPS) is 10.9. The van der Waals surface area contributed by atoms with Crippen molar-refractivity contribution < 1.29 is 19.1 Å². The summed E-state index contributed by atoms with van der Waals surface area (Å²) in [6.07, 6.45) is 0. The average molecular weight is 299 g/mol. The second kappa shape index (κ2) is 7.83. The minimum Gasteiger partial charge on any atom is -0.489 e. The summed E-state index contributed by atoms with van der Waals surface area (Å²) in [5, 5.41) is 3.77. The molecule has 0 aromatic heterocycles. The van der Waals surface area contributed by atoms with Gasteiger partial charge in [0.25, 0.3) is 0 Å². The molecule has 0 unspecified atom stereocenters. The molecule has 0 aliphatic heterocycles. The van der Waals surface area contributed by atoms with E-state index in [4.69, 9.17) is 14.3 Å². The minimum absolute atomic E-state index is 0.109. The van der Waals surface area contributed by atoms with E-state index in [-0.39, 0.29) is 5.71 Å². The van der Waals surface area contributed by atoms with Crippen LogP contribution in [0.1, 0.15) is 11.1 Å². The highest BCUT2D eigenvalue weighted by Gasteiger charge is 2.19. The zero-order valence-corrected chi connectivity index (χ0v) is 12.5. The van der Waals surface area contributed by atoms with Crippen LogP contribution in [0.15, 0.2) is 59.8 Å². The van der Waals surface area contributed by atoms with Gasteiger partial charge in [-0.1, -0.05) is 47.6 Å². The van der Waals surface area contributed by atoms with Crippen LogP contribution in [0.5, 0.6) is 5.75 Å². The van der Waals surface area contributed by atoms with E-state index >= 15 is 0 Å². The Hall–Kier alpha value is -2.82. The Bertz CT molecular complexity index is 653. The number of nitrogens with zero attached hydrogens (tertiary/aromatic N) is 1. The molecule has 0 fully saturated rings. The zero-order valence-electron chi connectivity index (χ0n) is 12.5. The second-order valence-corrected chi connectivity index (χ2v) is 4.37. The number of carbonyl (C=O) groups excluding carboxylic acids is 1. The molecule has 5 heteroatoms. The van der Waals surface area contributed by atoms with Gasteiger partial charge in [-0.25, -0.2) is 4.79 Å².